The van der Waals surface area contributed by atoms with Crippen LogP contribution in [0.3, 0.4) is 0 Å². The maximum atomic E-state index is 11.7. The predicted octanol–water partition coefficient (Wildman–Crippen LogP) is 2.09. The monoisotopic (exact) mass is 237 g/mol. The smallest absolute Gasteiger partial charge is 0.138 e. The molecule has 4 nitrogen and oxygen atoms in total. The quantitative estimate of drug-likeness (QED) is 0.704. The van der Waals surface area contributed by atoms with Gasteiger partial charge in [0.2, 0.25) is 0 Å². The highest BCUT2D eigenvalue weighted by atomic mass is 16.1. The molecule has 0 aromatic carbocycles. The minimum absolute atomic E-state index is 0.274. The Bertz CT molecular complexity index is 344. The van der Waals surface area contributed by atoms with Gasteiger partial charge in [0.05, 0.1) is 12.1 Å². The zero-order chi connectivity index (χ0) is 12.7. The van der Waals surface area contributed by atoms with Gasteiger partial charge in [0.25, 0.3) is 0 Å². The summed E-state index contributed by atoms with van der Waals surface area (Å²) in [5.74, 6) is 0.274. The highest BCUT2D eigenvalue weighted by molar-refractivity contribution is 5.80. The number of ketones is 1. The van der Waals surface area contributed by atoms with E-state index < -0.39 is 0 Å². The van der Waals surface area contributed by atoms with E-state index in [1.807, 2.05) is 16.9 Å². The number of hydrogen-bond donors (Lipinski definition) is 1. The molecule has 2 N–H and O–H groups in total. The van der Waals surface area contributed by atoms with Crippen molar-refractivity contribution < 1.29 is 4.79 Å². The van der Waals surface area contributed by atoms with Gasteiger partial charge in [0.1, 0.15) is 5.78 Å². The topological polar surface area (TPSA) is 60.9 Å². The molecule has 96 valence electrons. The molecule has 1 aromatic heterocycles. The van der Waals surface area contributed by atoms with Crippen LogP contribution in [-0.4, -0.2) is 22.1 Å². The molecule has 0 atom stereocenters. The fourth-order valence-electron chi connectivity index (χ4n) is 1.69. The molecule has 1 heterocycles. The molecule has 4 heteroatoms. The first kappa shape index (κ1) is 13.9. The van der Waals surface area contributed by atoms with Gasteiger partial charge in [-0.2, -0.15) is 5.10 Å². The van der Waals surface area contributed by atoms with E-state index in [0.717, 1.165) is 25.0 Å². The summed E-state index contributed by atoms with van der Waals surface area (Å²) in [5, 5.41) is 4.37. The number of aromatic nitrogens is 2. The molecule has 1 aromatic rings. The molecule has 0 saturated heterocycles. The molecule has 0 fully saturated rings. The van der Waals surface area contributed by atoms with Crippen LogP contribution in [0.1, 0.15) is 51.3 Å². The summed E-state index contributed by atoms with van der Waals surface area (Å²) in [6.45, 7) is 4.86. The lowest BCUT2D eigenvalue weighted by Crippen LogP contribution is -2.06. The van der Waals surface area contributed by atoms with Gasteiger partial charge < -0.3 is 5.73 Å². The Labute approximate surface area is 103 Å². The van der Waals surface area contributed by atoms with Gasteiger partial charge in [0, 0.05) is 18.7 Å². The van der Waals surface area contributed by atoms with Gasteiger partial charge in [0.15, 0.2) is 0 Å². The van der Waals surface area contributed by atoms with Gasteiger partial charge in [-0.05, 0) is 39.3 Å². The lowest BCUT2D eigenvalue weighted by atomic mass is 10.1. The first-order valence-corrected chi connectivity index (χ1v) is 6.39. The Kier molecular flexibility index (Phi) is 5.91. The summed E-state index contributed by atoms with van der Waals surface area (Å²) in [6.07, 6.45) is 6.04. The zero-order valence-electron chi connectivity index (χ0n) is 10.9. The van der Waals surface area contributed by atoms with Crippen LogP contribution in [0.4, 0.5) is 0 Å². The molecule has 0 saturated carbocycles. The van der Waals surface area contributed by atoms with E-state index in [2.05, 4.69) is 18.9 Å². The second-order valence-electron chi connectivity index (χ2n) is 4.70. The molecule has 0 bridgehead atoms. The molecule has 0 aliphatic carbocycles. The molecule has 0 aliphatic rings. The Morgan fingerprint density at radius 2 is 2.18 bits per heavy atom. The normalized spacial score (nSPS) is 11.1. The van der Waals surface area contributed by atoms with Crippen LogP contribution in [-0.2, 0) is 11.2 Å². The van der Waals surface area contributed by atoms with Crippen LogP contribution in [0.15, 0.2) is 12.3 Å². The van der Waals surface area contributed by atoms with Gasteiger partial charge in [-0.1, -0.05) is 6.42 Å². The summed E-state index contributed by atoms with van der Waals surface area (Å²) in [5.41, 5.74) is 6.28. The lowest BCUT2D eigenvalue weighted by Gasteiger charge is -2.03. The van der Waals surface area contributed by atoms with Gasteiger partial charge in [-0.15, -0.1) is 0 Å². The minimum atomic E-state index is 0.274. The number of nitrogens with two attached hydrogens (primary N) is 1. The van der Waals surface area contributed by atoms with Crippen molar-refractivity contribution in [3.8, 4) is 0 Å². The number of hydrogen-bond acceptors (Lipinski definition) is 3. The van der Waals surface area contributed by atoms with Gasteiger partial charge >= 0.3 is 0 Å². The average molecular weight is 237 g/mol. The van der Waals surface area contributed by atoms with Crippen LogP contribution in [0, 0.1) is 0 Å². The molecule has 0 amide bonds. The molecule has 0 radical (unpaired) electrons. The third-order valence-electron chi connectivity index (χ3n) is 2.73. The van der Waals surface area contributed by atoms with Crippen molar-refractivity contribution in [3.63, 3.8) is 0 Å². The number of carbonyl (C=O) groups is 1. The van der Waals surface area contributed by atoms with E-state index in [0.29, 0.717) is 25.4 Å². The predicted molar refractivity (Wildman–Crippen MR) is 68.8 cm³/mol. The average Bonchev–Trinajstić information content (AvgIpc) is 2.73. The molecular formula is C13H23N3O. The maximum Gasteiger partial charge on any atom is 0.138 e. The highest BCUT2D eigenvalue weighted by Gasteiger charge is 2.07. The Morgan fingerprint density at radius 1 is 1.41 bits per heavy atom. The second kappa shape index (κ2) is 7.22. The number of Topliss-reactive ketones (excluding diaryl/α,β-unsaturated/α-hetero) is 1. The number of rotatable bonds is 8. The molecule has 0 spiro atoms. The van der Waals surface area contributed by atoms with E-state index in [-0.39, 0.29) is 5.78 Å². The summed E-state index contributed by atoms with van der Waals surface area (Å²) in [4.78, 5) is 11.7. The van der Waals surface area contributed by atoms with Gasteiger partial charge in [-0.3, -0.25) is 9.48 Å². The van der Waals surface area contributed by atoms with Crippen molar-refractivity contribution in [2.75, 3.05) is 6.54 Å². The van der Waals surface area contributed by atoms with Crippen molar-refractivity contribution in [2.24, 2.45) is 5.73 Å². The third-order valence-corrected chi connectivity index (χ3v) is 2.73. The van der Waals surface area contributed by atoms with Crippen molar-refractivity contribution in [2.45, 2.75) is 52.0 Å². The fraction of sp³-hybridized carbons (Fsp3) is 0.692. The van der Waals surface area contributed by atoms with Crippen LogP contribution in [0.25, 0.3) is 0 Å². The Balaban J connectivity index is 2.29. The van der Waals surface area contributed by atoms with Crippen LogP contribution >= 0.6 is 0 Å². The van der Waals surface area contributed by atoms with Crippen LogP contribution in [0.2, 0.25) is 0 Å². The Hall–Kier alpha value is -1.16. The highest BCUT2D eigenvalue weighted by Crippen LogP contribution is 2.07. The largest absolute Gasteiger partial charge is 0.330 e. The summed E-state index contributed by atoms with van der Waals surface area (Å²) in [7, 11) is 0. The lowest BCUT2D eigenvalue weighted by molar-refractivity contribution is -0.118. The van der Waals surface area contributed by atoms with E-state index in [1.54, 1.807) is 0 Å². The van der Waals surface area contributed by atoms with Crippen molar-refractivity contribution >= 4 is 5.78 Å². The molecule has 0 unspecified atom stereocenters. The number of nitrogens with zero attached hydrogens (tertiary/aromatic N) is 2. The van der Waals surface area contributed by atoms with Crippen molar-refractivity contribution in [1.82, 2.24) is 9.78 Å². The molecule has 17 heavy (non-hydrogen) atoms. The Morgan fingerprint density at radius 3 is 2.76 bits per heavy atom. The van der Waals surface area contributed by atoms with E-state index in [4.69, 9.17) is 5.73 Å². The fourth-order valence-corrected chi connectivity index (χ4v) is 1.69. The third kappa shape index (κ3) is 5.13. The molecule has 1 rings (SSSR count). The molecular weight excluding hydrogens is 214 g/mol. The van der Waals surface area contributed by atoms with Crippen molar-refractivity contribution in [3.05, 3.63) is 18.0 Å². The van der Waals surface area contributed by atoms with Crippen LogP contribution in [0.5, 0.6) is 0 Å². The summed E-state index contributed by atoms with van der Waals surface area (Å²) in [6, 6.07) is 2.28. The SMILES string of the molecule is CC(C)n1ccc(CC(=O)CCCCCN)n1. The second-order valence-corrected chi connectivity index (χ2v) is 4.70. The first-order valence-electron chi connectivity index (χ1n) is 6.39. The summed E-state index contributed by atoms with van der Waals surface area (Å²) >= 11 is 0. The first-order chi connectivity index (χ1) is 8.13. The summed E-state index contributed by atoms with van der Waals surface area (Å²) < 4.78 is 1.89. The molecule has 0 aliphatic heterocycles. The minimum Gasteiger partial charge on any atom is -0.330 e. The van der Waals surface area contributed by atoms with E-state index >= 15 is 0 Å². The zero-order valence-corrected chi connectivity index (χ0v) is 10.9. The standard InChI is InChI=1S/C13H23N3O/c1-11(2)16-9-7-12(15-16)10-13(17)6-4-3-5-8-14/h7,9,11H,3-6,8,10,14H2,1-2H3. The van der Waals surface area contributed by atoms with Crippen molar-refractivity contribution in [1.29, 1.82) is 0 Å². The van der Waals surface area contributed by atoms with E-state index in [9.17, 15) is 4.79 Å². The van der Waals surface area contributed by atoms with E-state index in [1.165, 1.54) is 0 Å². The van der Waals surface area contributed by atoms with Gasteiger partial charge in [-0.25, -0.2) is 0 Å². The number of unbranched alkanes of at least 4 members (excludes halogenated alkanes) is 2. The maximum absolute atomic E-state index is 11.7. The number of carbonyl (C=O) groups excluding carboxylic acids is 1. The van der Waals surface area contributed by atoms with Crippen LogP contribution < -0.4 is 5.73 Å².